The molecule has 0 spiro atoms. The Morgan fingerprint density at radius 1 is 1.11 bits per heavy atom. The van der Waals surface area contributed by atoms with Crippen LogP contribution in [-0.2, 0) is 5.75 Å². The van der Waals surface area contributed by atoms with E-state index < -0.39 is 0 Å². The van der Waals surface area contributed by atoms with Gasteiger partial charge in [-0.15, -0.1) is 11.8 Å². The number of aromatic nitrogens is 2. The SMILES string of the molecule is Oc1ccccc1SCc1cn2ccccc2n1. The molecule has 3 aromatic rings. The van der Waals surface area contributed by atoms with Gasteiger partial charge in [0.15, 0.2) is 0 Å². The highest BCUT2D eigenvalue weighted by molar-refractivity contribution is 7.98. The van der Waals surface area contributed by atoms with E-state index in [1.165, 1.54) is 0 Å². The molecule has 2 heterocycles. The maximum absolute atomic E-state index is 9.68. The molecule has 0 amide bonds. The number of imidazole rings is 1. The summed E-state index contributed by atoms with van der Waals surface area (Å²) in [7, 11) is 0. The predicted octanol–water partition coefficient (Wildman–Crippen LogP) is 3.33. The summed E-state index contributed by atoms with van der Waals surface area (Å²) >= 11 is 1.59. The Hall–Kier alpha value is -1.94. The molecule has 0 unspecified atom stereocenters. The second kappa shape index (κ2) is 4.74. The Morgan fingerprint density at radius 3 is 2.78 bits per heavy atom. The minimum Gasteiger partial charge on any atom is -0.507 e. The molecule has 0 atom stereocenters. The van der Waals surface area contributed by atoms with Crippen LogP contribution in [0.4, 0.5) is 0 Å². The normalized spacial score (nSPS) is 10.9. The van der Waals surface area contributed by atoms with Crippen molar-refractivity contribution < 1.29 is 5.11 Å². The number of nitrogens with zero attached hydrogens (tertiary/aromatic N) is 2. The number of hydrogen-bond acceptors (Lipinski definition) is 3. The molecule has 2 aromatic heterocycles. The average molecular weight is 256 g/mol. The summed E-state index contributed by atoms with van der Waals surface area (Å²) in [6, 6.07) is 13.3. The van der Waals surface area contributed by atoms with E-state index in [1.807, 2.05) is 53.2 Å². The molecular weight excluding hydrogens is 244 g/mol. The van der Waals surface area contributed by atoms with Gasteiger partial charge in [-0.1, -0.05) is 18.2 Å². The third kappa shape index (κ3) is 2.19. The Labute approximate surface area is 109 Å². The zero-order valence-electron chi connectivity index (χ0n) is 9.65. The van der Waals surface area contributed by atoms with E-state index >= 15 is 0 Å². The van der Waals surface area contributed by atoms with Gasteiger partial charge in [0.2, 0.25) is 0 Å². The van der Waals surface area contributed by atoms with E-state index in [1.54, 1.807) is 17.8 Å². The van der Waals surface area contributed by atoms with Gasteiger partial charge in [0.25, 0.3) is 0 Å². The van der Waals surface area contributed by atoms with E-state index in [2.05, 4.69) is 4.98 Å². The smallest absolute Gasteiger partial charge is 0.137 e. The maximum Gasteiger partial charge on any atom is 0.137 e. The molecule has 1 aromatic carbocycles. The Morgan fingerprint density at radius 2 is 1.94 bits per heavy atom. The Bertz CT molecular complexity index is 645. The third-order valence-electron chi connectivity index (χ3n) is 2.65. The number of thioether (sulfide) groups is 1. The average Bonchev–Trinajstić information content (AvgIpc) is 2.80. The van der Waals surface area contributed by atoms with Gasteiger partial charge in [-0.3, -0.25) is 0 Å². The molecule has 4 heteroatoms. The zero-order valence-corrected chi connectivity index (χ0v) is 10.5. The minimum absolute atomic E-state index is 0.325. The molecule has 0 aliphatic heterocycles. The molecule has 1 N–H and O–H groups in total. The molecule has 3 nitrogen and oxygen atoms in total. The number of pyridine rings is 1. The first kappa shape index (κ1) is 11.2. The van der Waals surface area contributed by atoms with Crippen LogP contribution in [0.3, 0.4) is 0 Å². The lowest BCUT2D eigenvalue weighted by atomic mass is 10.3. The quantitative estimate of drug-likeness (QED) is 0.730. The van der Waals surface area contributed by atoms with Gasteiger partial charge >= 0.3 is 0 Å². The number of hydrogen-bond donors (Lipinski definition) is 1. The van der Waals surface area contributed by atoms with Crippen molar-refractivity contribution in [3.8, 4) is 5.75 Å². The third-order valence-corrected chi connectivity index (χ3v) is 3.75. The lowest BCUT2D eigenvalue weighted by molar-refractivity contribution is 0.462. The Kier molecular flexibility index (Phi) is 2.94. The molecule has 0 saturated heterocycles. The van der Waals surface area contributed by atoms with Crippen molar-refractivity contribution in [2.45, 2.75) is 10.6 Å². The van der Waals surface area contributed by atoms with Crippen molar-refractivity contribution in [3.05, 3.63) is 60.6 Å². The number of para-hydroxylation sites is 1. The van der Waals surface area contributed by atoms with E-state index in [9.17, 15) is 5.11 Å². The first-order valence-electron chi connectivity index (χ1n) is 5.66. The van der Waals surface area contributed by atoms with Crippen LogP contribution < -0.4 is 0 Å². The standard InChI is InChI=1S/C14H12N2OS/c17-12-5-1-2-6-13(12)18-10-11-9-16-8-4-3-7-14(16)15-11/h1-9,17H,10H2. The molecule has 18 heavy (non-hydrogen) atoms. The zero-order chi connectivity index (χ0) is 12.4. The van der Waals surface area contributed by atoms with Crippen LogP contribution >= 0.6 is 11.8 Å². The monoisotopic (exact) mass is 256 g/mol. The van der Waals surface area contributed by atoms with E-state index in [0.29, 0.717) is 5.75 Å². The van der Waals surface area contributed by atoms with Crippen molar-refractivity contribution in [2.75, 3.05) is 0 Å². The minimum atomic E-state index is 0.325. The van der Waals surface area contributed by atoms with Crippen molar-refractivity contribution in [1.29, 1.82) is 0 Å². The molecule has 0 saturated carbocycles. The summed E-state index contributed by atoms with van der Waals surface area (Å²) in [5, 5.41) is 9.68. The number of rotatable bonds is 3. The fourth-order valence-electron chi connectivity index (χ4n) is 1.79. The number of benzene rings is 1. The number of phenols is 1. The van der Waals surface area contributed by atoms with Crippen molar-refractivity contribution in [1.82, 2.24) is 9.38 Å². The van der Waals surface area contributed by atoms with Crippen molar-refractivity contribution in [2.24, 2.45) is 0 Å². The van der Waals surface area contributed by atoms with Crippen molar-refractivity contribution in [3.63, 3.8) is 0 Å². The largest absolute Gasteiger partial charge is 0.507 e. The Balaban J connectivity index is 1.79. The van der Waals surface area contributed by atoms with Crippen molar-refractivity contribution >= 4 is 17.4 Å². The molecule has 90 valence electrons. The predicted molar refractivity (Wildman–Crippen MR) is 72.9 cm³/mol. The summed E-state index contributed by atoms with van der Waals surface area (Å²) in [6.07, 6.45) is 4.00. The van der Waals surface area contributed by atoms with Gasteiger partial charge in [0, 0.05) is 23.0 Å². The van der Waals surface area contributed by atoms with Crippen LogP contribution in [0.25, 0.3) is 5.65 Å². The van der Waals surface area contributed by atoms with Gasteiger partial charge < -0.3 is 9.51 Å². The van der Waals surface area contributed by atoms with E-state index in [4.69, 9.17) is 0 Å². The lowest BCUT2D eigenvalue weighted by Crippen LogP contribution is -1.80. The molecular formula is C14H12N2OS. The lowest BCUT2D eigenvalue weighted by Gasteiger charge is -2.01. The molecule has 0 aliphatic rings. The molecule has 3 rings (SSSR count). The first-order valence-corrected chi connectivity index (χ1v) is 6.65. The molecule has 0 fully saturated rings. The molecule has 0 bridgehead atoms. The van der Waals surface area contributed by atoms with Gasteiger partial charge in [0.1, 0.15) is 11.4 Å². The van der Waals surface area contributed by atoms with Gasteiger partial charge in [0.05, 0.1) is 5.69 Å². The van der Waals surface area contributed by atoms with Crippen LogP contribution in [0, 0.1) is 0 Å². The first-order chi connectivity index (χ1) is 8.83. The van der Waals surface area contributed by atoms with Crippen LogP contribution in [0.15, 0.2) is 59.8 Å². The number of aromatic hydroxyl groups is 1. The maximum atomic E-state index is 9.68. The summed E-state index contributed by atoms with van der Waals surface area (Å²) in [6.45, 7) is 0. The highest BCUT2D eigenvalue weighted by Gasteiger charge is 2.04. The van der Waals surface area contributed by atoms with E-state index in [-0.39, 0.29) is 0 Å². The second-order valence-corrected chi connectivity index (χ2v) is 4.97. The number of fused-ring (bicyclic) bond motifs is 1. The summed E-state index contributed by atoms with van der Waals surface area (Å²) < 4.78 is 2.00. The fourth-order valence-corrected chi connectivity index (χ4v) is 2.62. The highest BCUT2D eigenvalue weighted by atomic mass is 32.2. The topological polar surface area (TPSA) is 37.5 Å². The summed E-state index contributed by atoms with van der Waals surface area (Å²) in [5.74, 6) is 1.07. The van der Waals surface area contributed by atoms with Crippen LogP contribution in [-0.4, -0.2) is 14.5 Å². The van der Waals surface area contributed by atoms with Crippen LogP contribution in [0.5, 0.6) is 5.75 Å². The van der Waals surface area contributed by atoms with Crippen LogP contribution in [0.1, 0.15) is 5.69 Å². The van der Waals surface area contributed by atoms with Gasteiger partial charge in [-0.2, -0.15) is 0 Å². The summed E-state index contributed by atoms with van der Waals surface area (Å²) in [5.41, 5.74) is 1.96. The molecule has 0 aliphatic carbocycles. The molecule has 0 radical (unpaired) electrons. The second-order valence-electron chi connectivity index (χ2n) is 3.95. The van der Waals surface area contributed by atoms with Gasteiger partial charge in [-0.05, 0) is 24.3 Å². The summed E-state index contributed by atoms with van der Waals surface area (Å²) in [4.78, 5) is 5.40. The van der Waals surface area contributed by atoms with Gasteiger partial charge in [-0.25, -0.2) is 4.98 Å². The van der Waals surface area contributed by atoms with E-state index in [0.717, 1.165) is 22.0 Å². The fraction of sp³-hybridized carbons (Fsp3) is 0.0714. The number of phenolic OH excluding ortho intramolecular Hbond substituents is 1. The highest BCUT2D eigenvalue weighted by Crippen LogP contribution is 2.30. The van der Waals surface area contributed by atoms with Crippen LogP contribution in [0.2, 0.25) is 0 Å².